The van der Waals surface area contributed by atoms with Gasteiger partial charge in [0.1, 0.15) is 11.9 Å². The topological polar surface area (TPSA) is 41.6 Å². The van der Waals surface area contributed by atoms with Crippen LogP contribution in [-0.4, -0.2) is 18.7 Å². The van der Waals surface area contributed by atoms with E-state index in [1.165, 1.54) is 0 Å². The zero-order valence-electron chi connectivity index (χ0n) is 14.1. The quantitative estimate of drug-likeness (QED) is 0.816. The van der Waals surface area contributed by atoms with Crippen LogP contribution in [0.2, 0.25) is 5.02 Å². The Hall–Kier alpha value is -2.20. The first kappa shape index (κ1) is 16.7. The third-order valence-corrected chi connectivity index (χ3v) is 4.46. The lowest BCUT2D eigenvalue weighted by molar-refractivity contribution is 0.188. The first-order chi connectivity index (χ1) is 11.5. The molecule has 2 aromatic rings. The monoisotopic (exact) mass is 344 g/mol. The van der Waals surface area contributed by atoms with Gasteiger partial charge in [-0.3, -0.25) is 4.90 Å². The van der Waals surface area contributed by atoms with Crippen molar-refractivity contribution < 1.29 is 9.53 Å². The highest BCUT2D eigenvalue weighted by atomic mass is 35.5. The van der Waals surface area contributed by atoms with Crippen LogP contribution in [0.25, 0.3) is 0 Å². The number of fused-ring (bicyclic) bond motifs is 1. The lowest BCUT2D eigenvalue weighted by Gasteiger charge is -2.35. The fourth-order valence-electron chi connectivity index (χ4n) is 2.77. The van der Waals surface area contributed by atoms with Gasteiger partial charge in [0.15, 0.2) is 0 Å². The second kappa shape index (κ2) is 6.73. The zero-order valence-corrected chi connectivity index (χ0v) is 14.9. The summed E-state index contributed by atoms with van der Waals surface area (Å²) < 4.78 is 5.97. The summed E-state index contributed by atoms with van der Waals surface area (Å²) in [7, 11) is 0. The molecule has 0 fully saturated rings. The number of nitrogens with zero attached hydrogens (tertiary/aromatic N) is 1. The van der Waals surface area contributed by atoms with Gasteiger partial charge >= 0.3 is 6.03 Å². The van der Waals surface area contributed by atoms with Crippen LogP contribution >= 0.6 is 11.6 Å². The van der Waals surface area contributed by atoms with E-state index in [0.717, 1.165) is 34.7 Å². The van der Waals surface area contributed by atoms with Gasteiger partial charge in [-0.05, 0) is 55.7 Å². The number of ether oxygens (including phenoxy) is 1. The summed E-state index contributed by atoms with van der Waals surface area (Å²) in [6.45, 7) is 6.53. The minimum Gasteiger partial charge on any atom is -0.486 e. The number of hydrogen-bond acceptors (Lipinski definition) is 2. The Balaban J connectivity index is 1.91. The average molecular weight is 345 g/mol. The molecule has 5 heteroatoms. The highest BCUT2D eigenvalue weighted by Gasteiger charge is 2.29. The molecule has 0 saturated carbocycles. The number of halogens is 1. The van der Waals surface area contributed by atoms with E-state index in [4.69, 9.17) is 16.3 Å². The van der Waals surface area contributed by atoms with Crippen LogP contribution in [0, 0.1) is 13.8 Å². The van der Waals surface area contributed by atoms with Gasteiger partial charge in [-0.15, -0.1) is 0 Å². The Morgan fingerprint density at radius 1 is 1.29 bits per heavy atom. The van der Waals surface area contributed by atoms with E-state index in [1.54, 1.807) is 11.0 Å². The fraction of sp³-hybridized carbons (Fsp3) is 0.316. The minimum atomic E-state index is -0.172. The van der Waals surface area contributed by atoms with E-state index < -0.39 is 0 Å². The van der Waals surface area contributed by atoms with Crippen molar-refractivity contribution in [3.8, 4) is 5.75 Å². The number of nitrogens with one attached hydrogen (secondary N) is 1. The summed E-state index contributed by atoms with van der Waals surface area (Å²) >= 11 is 6.05. The molecule has 1 aliphatic heterocycles. The second-order valence-corrected chi connectivity index (χ2v) is 6.56. The lowest BCUT2D eigenvalue weighted by Crippen LogP contribution is -2.45. The fourth-order valence-corrected chi connectivity index (χ4v) is 2.95. The van der Waals surface area contributed by atoms with Crippen LogP contribution in [-0.2, 0) is 0 Å². The predicted molar refractivity (Wildman–Crippen MR) is 98.4 cm³/mol. The van der Waals surface area contributed by atoms with Gasteiger partial charge < -0.3 is 10.1 Å². The molecular weight excluding hydrogens is 324 g/mol. The molecule has 2 aromatic carbocycles. The van der Waals surface area contributed by atoms with Gasteiger partial charge in [0.25, 0.3) is 0 Å². The maximum Gasteiger partial charge on any atom is 0.326 e. The van der Waals surface area contributed by atoms with Gasteiger partial charge in [-0.2, -0.15) is 0 Å². The third kappa shape index (κ3) is 3.34. The number of aryl methyl sites for hydroxylation is 2. The summed E-state index contributed by atoms with van der Waals surface area (Å²) in [5.74, 6) is 0.747. The van der Waals surface area contributed by atoms with Gasteiger partial charge in [-0.25, -0.2) is 4.79 Å². The van der Waals surface area contributed by atoms with E-state index in [9.17, 15) is 4.79 Å². The van der Waals surface area contributed by atoms with Crippen LogP contribution in [0.15, 0.2) is 36.4 Å². The number of rotatable bonds is 2. The molecule has 24 heavy (non-hydrogen) atoms. The molecule has 1 heterocycles. The van der Waals surface area contributed by atoms with Crippen molar-refractivity contribution in [1.82, 2.24) is 0 Å². The molecule has 2 amide bonds. The normalized spacial score (nSPS) is 16.3. The number of carbonyl (C=O) groups excluding carboxylic acids is 1. The minimum absolute atomic E-state index is 0.00795. The molecule has 0 aliphatic carbocycles. The molecule has 0 aromatic heterocycles. The highest BCUT2D eigenvalue weighted by molar-refractivity contribution is 6.31. The molecule has 1 aliphatic rings. The van der Waals surface area contributed by atoms with Gasteiger partial charge in [0, 0.05) is 10.7 Å². The predicted octanol–water partition coefficient (Wildman–Crippen LogP) is 5.17. The first-order valence-corrected chi connectivity index (χ1v) is 8.47. The second-order valence-electron chi connectivity index (χ2n) is 6.12. The number of amides is 2. The van der Waals surface area contributed by atoms with Crippen LogP contribution < -0.4 is 15.0 Å². The molecule has 126 valence electrons. The summed E-state index contributed by atoms with van der Waals surface area (Å²) in [5, 5.41) is 3.57. The van der Waals surface area contributed by atoms with Crippen molar-refractivity contribution in [2.45, 2.75) is 33.3 Å². The summed E-state index contributed by atoms with van der Waals surface area (Å²) in [6, 6.07) is 11.2. The van der Waals surface area contributed by atoms with Gasteiger partial charge in [-0.1, -0.05) is 30.7 Å². The molecule has 1 N–H and O–H groups in total. The summed E-state index contributed by atoms with van der Waals surface area (Å²) in [5.41, 5.74) is 3.58. The Morgan fingerprint density at radius 3 is 2.83 bits per heavy atom. The third-order valence-electron chi connectivity index (χ3n) is 4.23. The van der Waals surface area contributed by atoms with E-state index in [0.29, 0.717) is 11.6 Å². The Bertz CT molecular complexity index is 776. The van der Waals surface area contributed by atoms with E-state index in [-0.39, 0.29) is 12.1 Å². The molecule has 4 nitrogen and oxygen atoms in total. The summed E-state index contributed by atoms with van der Waals surface area (Å²) in [4.78, 5) is 14.6. The highest BCUT2D eigenvalue weighted by Crippen LogP contribution is 2.35. The molecule has 0 radical (unpaired) electrons. The van der Waals surface area contributed by atoms with Crippen molar-refractivity contribution in [2.24, 2.45) is 0 Å². The number of benzene rings is 2. The van der Waals surface area contributed by atoms with Gasteiger partial charge in [0.2, 0.25) is 0 Å². The Kier molecular flexibility index (Phi) is 4.67. The SMILES string of the molecule is CC[C@@H]1CN(C(=O)Nc2cc(Cl)ccc2C)c2cc(C)ccc2O1. The Labute approximate surface area is 147 Å². The molecule has 3 rings (SSSR count). The van der Waals surface area contributed by atoms with Crippen molar-refractivity contribution >= 4 is 29.0 Å². The van der Waals surface area contributed by atoms with E-state index >= 15 is 0 Å². The smallest absolute Gasteiger partial charge is 0.326 e. The molecule has 1 atom stereocenters. The zero-order chi connectivity index (χ0) is 17.3. The molecule has 0 saturated heterocycles. The van der Waals surface area contributed by atoms with Crippen molar-refractivity contribution in [3.05, 3.63) is 52.5 Å². The lowest BCUT2D eigenvalue weighted by atomic mass is 10.1. The first-order valence-electron chi connectivity index (χ1n) is 8.10. The van der Waals surface area contributed by atoms with Crippen molar-refractivity contribution in [2.75, 3.05) is 16.8 Å². The largest absolute Gasteiger partial charge is 0.486 e. The maximum absolute atomic E-state index is 12.9. The number of carbonyl (C=O) groups is 1. The van der Waals surface area contributed by atoms with Crippen molar-refractivity contribution in [1.29, 1.82) is 0 Å². The van der Waals surface area contributed by atoms with Crippen LogP contribution in [0.4, 0.5) is 16.2 Å². The average Bonchev–Trinajstić information content (AvgIpc) is 2.57. The van der Waals surface area contributed by atoms with Crippen LogP contribution in [0.3, 0.4) is 0 Å². The van der Waals surface area contributed by atoms with Gasteiger partial charge in [0.05, 0.1) is 12.2 Å². The molecule has 0 spiro atoms. The molecule has 0 bridgehead atoms. The van der Waals surface area contributed by atoms with E-state index in [1.807, 2.05) is 44.2 Å². The van der Waals surface area contributed by atoms with E-state index in [2.05, 4.69) is 12.2 Å². The summed E-state index contributed by atoms with van der Waals surface area (Å²) in [6.07, 6.45) is 0.833. The standard InChI is InChI=1S/C19H21ClN2O2/c1-4-15-11-22(17-9-12(2)5-8-18(17)24-15)19(23)21-16-10-14(20)7-6-13(16)3/h5-10,15H,4,11H2,1-3H3,(H,21,23)/t15-/m1/s1. The Morgan fingerprint density at radius 2 is 2.08 bits per heavy atom. The van der Waals surface area contributed by atoms with Crippen molar-refractivity contribution in [3.63, 3.8) is 0 Å². The number of hydrogen-bond donors (Lipinski definition) is 1. The maximum atomic E-state index is 12.9. The molecular formula is C19H21ClN2O2. The van der Waals surface area contributed by atoms with Crippen LogP contribution in [0.5, 0.6) is 5.75 Å². The molecule has 0 unspecified atom stereocenters. The number of urea groups is 1. The number of anilines is 2. The van der Waals surface area contributed by atoms with Crippen LogP contribution in [0.1, 0.15) is 24.5 Å².